The summed E-state index contributed by atoms with van der Waals surface area (Å²) in [5.41, 5.74) is 3.58. The molecule has 138 valence electrons. The van der Waals surface area contributed by atoms with Crippen LogP contribution in [0.1, 0.15) is 28.0 Å². The van der Waals surface area contributed by atoms with Crippen LogP contribution in [-0.4, -0.2) is 21.8 Å². The van der Waals surface area contributed by atoms with E-state index in [0.29, 0.717) is 29.8 Å². The molecule has 0 aliphatic heterocycles. The van der Waals surface area contributed by atoms with Gasteiger partial charge in [-0.15, -0.1) is 12.6 Å². The Kier molecular flexibility index (Phi) is 5.93. The van der Waals surface area contributed by atoms with Crippen molar-refractivity contribution in [1.82, 2.24) is 9.97 Å². The molecule has 2 aromatic carbocycles. The number of benzene rings is 2. The Hall–Kier alpha value is -3.06. The summed E-state index contributed by atoms with van der Waals surface area (Å²) in [5, 5.41) is 5.71. The number of aromatic amines is 1. The van der Waals surface area contributed by atoms with E-state index in [9.17, 15) is 9.59 Å². The molecule has 0 unspecified atom stereocenters. The first-order valence-corrected chi connectivity index (χ1v) is 8.94. The summed E-state index contributed by atoms with van der Waals surface area (Å²) in [6, 6.07) is 12.4. The summed E-state index contributed by atoms with van der Waals surface area (Å²) in [6.45, 7) is 1.89. The molecular weight excluding hydrogens is 360 g/mol. The number of thiol groups is 1. The van der Waals surface area contributed by atoms with Gasteiger partial charge in [0.25, 0.3) is 5.91 Å². The predicted octanol–water partition coefficient (Wildman–Crippen LogP) is 3.83. The fourth-order valence-electron chi connectivity index (χ4n) is 2.53. The Bertz CT molecular complexity index is 937. The number of aromatic nitrogens is 2. The number of carbonyl (C=O) groups is 2. The second-order valence-corrected chi connectivity index (χ2v) is 6.67. The van der Waals surface area contributed by atoms with Crippen LogP contribution in [0.25, 0.3) is 0 Å². The van der Waals surface area contributed by atoms with Crippen molar-refractivity contribution in [2.45, 2.75) is 24.7 Å². The van der Waals surface area contributed by atoms with E-state index in [4.69, 9.17) is 0 Å². The van der Waals surface area contributed by atoms with Crippen molar-refractivity contribution in [1.29, 1.82) is 0 Å². The van der Waals surface area contributed by atoms with Crippen LogP contribution in [0.2, 0.25) is 0 Å². The summed E-state index contributed by atoms with van der Waals surface area (Å²) >= 11 is 4.23. The number of carbonyl (C=O) groups excluding carboxylic acids is 2. The van der Waals surface area contributed by atoms with Crippen LogP contribution in [0, 0.1) is 6.92 Å². The van der Waals surface area contributed by atoms with E-state index in [0.717, 1.165) is 16.2 Å². The lowest BCUT2D eigenvalue weighted by atomic mass is 10.1. The van der Waals surface area contributed by atoms with Gasteiger partial charge in [-0.05, 0) is 55.3 Å². The van der Waals surface area contributed by atoms with Crippen molar-refractivity contribution in [3.63, 3.8) is 0 Å². The van der Waals surface area contributed by atoms with Gasteiger partial charge in [0, 0.05) is 40.1 Å². The van der Waals surface area contributed by atoms with Crippen LogP contribution < -0.4 is 10.6 Å². The third-order valence-electron chi connectivity index (χ3n) is 4.08. The smallest absolute Gasteiger partial charge is 0.255 e. The fraction of sp³-hybridized carbons (Fsp3) is 0.150. The van der Waals surface area contributed by atoms with Gasteiger partial charge in [0.2, 0.25) is 5.91 Å². The number of imidazole rings is 1. The van der Waals surface area contributed by atoms with Crippen LogP contribution in [-0.2, 0) is 11.2 Å². The fourth-order valence-corrected chi connectivity index (χ4v) is 2.68. The molecule has 27 heavy (non-hydrogen) atoms. The number of aryl methyl sites for hydroxylation is 2. The van der Waals surface area contributed by atoms with E-state index < -0.39 is 0 Å². The van der Waals surface area contributed by atoms with Crippen LogP contribution >= 0.6 is 12.6 Å². The summed E-state index contributed by atoms with van der Waals surface area (Å²) in [4.78, 5) is 32.4. The highest BCUT2D eigenvalue weighted by atomic mass is 32.1. The summed E-state index contributed by atoms with van der Waals surface area (Å²) in [7, 11) is 0. The minimum absolute atomic E-state index is 0.116. The van der Waals surface area contributed by atoms with Crippen molar-refractivity contribution in [2.75, 3.05) is 10.6 Å². The summed E-state index contributed by atoms with van der Waals surface area (Å²) in [5.74, 6) is -0.357. The Morgan fingerprint density at radius 3 is 2.59 bits per heavy atom. The van der Waals surface area contributed by atoms with Crippen LogP contribution in [0.15, 0.2) is 59.9 Å². The lowest BCUT2D eigenvalue weighted by Gasteiger charge is -2.11. The van der Waals surface area contributed by atoms with Gasteiger partial charge in [0.05, 0.1) is 6.33 Å². The maximum atomic E-state index is 12.5. The number of hydrogen-bond acceptors (Lipinski definition) is 4. The highest BCUT2D eigenvalue weighted by Gasteiger charge is 2.11. The number of H-pyrrole nitrogens is 1. The van der Waals surface area contributed by atoms with Crippen molar-refractivity contribution in [3.05, 3.63) is 71.8 Å². The van der Waals surface area contributed by atoms with Crippen LogP contribution in [0.3, 0.4) is 0 Å². The zero-order chi connectivity index (χ0) is 19.2. The molecule has 3 aromatic rings. The van der Waals surface area contributed by atoms with Crippen LogP contribution in [0.5, 0.6) is 0 Å². The molecule has 0 atom stereocenters. The van der Waals surface area contributed by atoms with Crippen molar-refractivity contribution >= 4 is 35.8 Å². The average Bonchev–Trinajstić information content (AvgIpc) is 3.17. The molecular formula is C20H20N4O2S. The number of hydrogen-bond donors (Lipinski definition) is 4. The van der Waals surface area contributed by atoms with Crippen molar-refractivity contribution in [3.8, 4) is 0 Å². The molecule has 1 heterocycles. The Morgan fingerprint density at radius 1 is 1.11 bits per heavy atom. The highest BCUT2D eigenvalue weighted by molar-refractivity contribution is 7.80. The first kappa shape index (κ1) is 18.7. The second-order valence-electron chi connectivity index (χ2n) is 6.16. The van der Waals surface area contributed by atoms with Gasteiger partial charge < -0.3 is 15.6 Å². The van der Waals surface area contributed by atoms with E-state index in [1.165, 1.54) is 0 Å². The SMILES string of the molecule is Cc1ccc(C(=O)Nc2ccc(S)cc2)cc1NC(=O)CCc1cnc[nH]1. The minimum Gasteiger partial charge on any atom is -0.348 e. The van der Waals surface area contributed by atoms with Gasteiger partial charge in [-0.1, -0.05) is 6.07 Å². The van der Waals surface area contributed by atoms with Gasteiger partial charge in [0.15, 0.2) is 0 Å². The molecule has 0 spiro atoms. The molecule has 0 radical (unpaired) electrons. The second kappa shape index (κ2) is 8.55. The van der Waals surface area contributed by atoms with Gasteiger partial charge in [-0.3, -0.25) is 9.59 Å². The normalized spacial score (nSPS) is 10.4. The van der Waals surface area contributed by atoms with Crippen LogP contribution in [0.4, 0.5) is 11.4 Å². The molecule has 2 amide bonds. The monoisotopic (exact) mass is 380 g/mol. The van der Waals surface area contributed by atoms with E-state index in [2.05, 4.69) is 33.2 Å². The first-order chi connectivity index (χ1) is 13.0. The van der Waals surface area contributed by atoms with Gasteiger partial charge in [-0.2, -0.15) is 0 Å². The Morgan fingerprint density at radius 2 is 1.89 bits per heavy atom. The molecule has 1 aromatic heterocycles. The van der Waals surface area contributed by atoms with Gasteiger partial charge in [0.1, 0.15) is 0 Å². The molecule has 0 saturated carbocycles. The molecule has 0 fully saturated rings. The molecule has 0 aliphatic carbocycles. The van der Waals surface area contributed by atoms with E-state index >= 15 is 0 Å². The third-order valence-corrected chi connectivity index (χ3v) is 4.37. The largest absolute Gasteiger partial charge is 0.348 e. The topological polar surface area (TPSA) is 86.9 Å². The minimum atomic E-state index is -0.241. The average molecular weight is 380 g/mol. The standard InChI is InChI=1S/C20H20N4O2S/c1-13-2-3-14(20(26)23-15-4-7-17(27)8-5-15)10-18(13)24-19(25)9-6-16-11-21-12-22-16/h2-5,7-8,10-12,27H,6,9H2,1H3,(H,21,22)(H,23,26)(H,24,25). The Balaban J connectivity index is 1.65. The number of anilines is 2. The van der Waals surface area contributed by atoms with E-state index in [1.54, 1.807) is 48.9 Å². The van der Waals surface area contributed by atoms with Gasteiger partial charge >= 0.3 is 0 Å². The third kappa shape index (κ3) is 5.21. The van der Waals surface area contributed by atoms with Crippen molar-refractivity contribution < 1.29 is 9.59 Å². The highest BCUT2D eigenvalue weighted by Crippen LogP contribution is 2.19. The molecule has 7 heteroatoms. The quantitative estimate of drug-likeness (QED) is 0.490. The molecule has 3 N–H and O–H groups in total. The lowest BCUT2D eigenvalue weighted by Crippen LogP contribution is -2.16. The number of rotatable bonds is 6. The van der Waals surface area contributed by atoms with E-state index in [1.807, 2.05) is 13.0 Å². The number of nitrogens with one attached hydrogen (secondary N) is 3. The Labute approximate surface area is 162 Å². The maximum absolute atomic E-state index is 12.5. The molecule has 0 saturated heterocycles. The lowest BCUT2D eigenvalue weighted by molar-refractivity contribution is -0.116. The van der Waals surface area contributed by atoms with Gasteiger partial charge in [-0.25, -0.2) is 4.98 Å². The zero-order valence-corrected chi connectivity index (χ0v) is 15.7. The number of nitrogens with zero attached hydrogens (tertiary/aromatic N) is 1. The van der Waals surface area contributed by atoms with E-state index in [-0.39, 0.29) is 11.8 Å². The van der Waals surface area contributed by atoms with Crippen molar-refractivity contribution in [2.24, 2.45) is 0 Å². The maximum Gasteiger partial charge on any atom is 0.255 e. The first-order valence-electron chi connectivity index (χ1n) is 8.49. The molecule has 0 bridgehead atoms. The number of amides is 2. The predicted molar refractivity (Wildman–Crippen MR) is 108 cm³/mol. The summed E-state index contributed by atoms with van der Waals surface area (Å²) in [6.07, 6.45) is 4.19. The zero-order valence-electron chi connectivity index (χ0n) is 14.8. The molecule has 3 rings (SSSR count). The summed E-state index contributed by atoms with van der Waals surface area (Å²) < 4.78 is 0. The molecule has 6 nitrogen and oxygen atoms in total. The molecule has 0 aliphatic rings.